The van der Waals surface area contributed by atoms with Crippen molar-refractivity contribution < 1.29 is 4.79 Å². The molecule has 0 radical (unpaired) electrons. The van der Waals surface area contributed by atoms with Gasteiger partial charge in [-0.3, -0.25) is 9.59 Å². The Hall–Kier alpha value is -1.91. The van der Waals surface area contributed by atoms with Gasteiger partial charge in [-0.25, -0.2) is 4.98 Å². The van der Waals surface area contributed by atoms with Crippen molar-refractivity contribution in [2.24, 2.45) is 0 Å². The van der Waals surface area contributed by atoms with Crippen LogP contribution >= 0.6 is 0 Å². The first kappa shape index (κ1) is 11.2. The van der Waals surface area contributed by atoms with E-state index in [4.69, 9.17) is 0 Å². The average molecular weight is 245 g/mol. The molecule has 2 N–H and O–H groups in total. The van der Waals surface area contributed by atoms with E-state index in [0.717, 1.165) is 31.3 Å². The fraction of sp³-hybridized carbons (Fsp3) is 0.462. The number of amides is 1. The standard InChI is InChI=1S/C13H15N3O2/c1-7-2-5-9(7)15-13(18)10-6-11(17)16-12(14-10)8-3-4-8/h6,8-9H,1-5H2,(H,15,18)(H,14,16,17). The van der Waals surface area contributed by atoms with Crippen LogP contribution in [-0.4, -0.2) is 21.9 Å². The minimum Gasteiger partial charge on any atom is -0.344 e. The van der Waals surface area contributed by atoms with Crippen LogP contribution in [0.15, 0.2) is 23.0 Å². The maximum atomic E-state index is 12.0. The highest BCUT2D eigenvalue weighted by molar-refractivity contribution is 5.92. The summed E-state index contributed by atoms with van der Waals surface area (Å²) in [6, 6.07) is 1.30. The number of hydrogen-bond acceptors (Lipinski definition) is 3. The van der Waals surface area contributed by atoms with E-state index in [9.17, 15) is 9.59 Å². The Labute approximate surface area is 104 Å². The fourth-order valence-electron chi connectivity index (χ4n) is 2.04. The Morgan fingerprint density at radius 2 is 2.22 bits per heavy atom. The molecule has 5 nitrogen and oxygen atoms in total. The molecule has 0 aromatic carbocycles. The van der Waals surface area contributed by atoms with E-state index in [1.165, 1.54) is 6.07 Å². The lowest BCUT2D eigenvalue weighted by Gasteiger charge is -2.29. The molecule has 0 aliphatic heterocycles. The maximum Gasteiger partial charge on any atom is 0.270 e. The van der Waals surface area contributed by atoms with Gasteiger partial charge in [0.2, 0.25) is 0 Å². The van der Waals surface area contributed by atoms with Gasteiger partial charge in [0.15, 0.2) is 0 Å². The first-order valence-electron chi connectivity index (χ1n) is 6.23. The lowest BCUT2D eigenvalue weighted by atomic mass is 9.87. The molecule has 1 heterocycles. The molecule has 0 saturated heterocycles. The molecule has 1 amide bonds. The van der Waals surface area contributed by atoms with E-state index < -0.39 is 0 Å². The van der Waals surface area contributed by atoms with E-state index in [1.807, 2.05) is 0 Å². The number of rotatable bonds is 3. The predicted octanol–water partition coefficient (Wildman–Crippen LogP) is 1.10. The number of carbonyl (C=O) groups excluding carboxylic acids is 1. The lowest BCUT2D eigenvalue weighted by Crippen LogP contribution is -2.41. The van der Waals surface area contributed by atoms with Crippen molar-refractivity contribution in [3.63, 3.8) is 0 Å². The first-order valence-corrected chi connectivity index (χ1v) is 6.23. The molecular weight excluding hydrogens is 230 g/mol. The zero-order valence-corrected chi connectivity index (χ0v) is 10.0. The number of aromatic nitrogens is 2. The summed E-state index contributed by atoms with van der Waals surface area (Å²) in [6.07, 6.45) is 3.95. The molecule has 5 heteroatoms. The summed E-state index contributed by atoms with van der Waals surface area (Å²) in [7, 11) is 0. The Morgan fingerprint density at radius 1 is 1.44 bits per heavy atom. The molecule has 2 fully saturated rings. The molecule has 94 valence electrons. The third-order valence-electron chi connectivity index (χ3n) is 3.51. The quantitative estimate of drug-likeness (QED) is 0.783. The summed E-state index contributed by atoms with van der Waals surface area (Å²) in [4.78, 5) is 30.4. The Kier molecular flexibility index (Phi) is 2.54. The van der Waals surface area contributed by atoms with Gasteiger partial charge in [0.1, 0.15) is 11.5 Å². The number of nitrogens with zero attached hydrogens (tertiary/aromatic N) is 1. The smallest absolute Gasteiger partial charge is 0.270 e. The second kappa shape index (κ2) is 4.08. The van der Waals surface area contributed by atoms with Crippen LogP contribution < -0.4 is 10.9 Å². The van der Waals surface area contributed by atoms with Crippen molar-refractivity contribution in [3.8, 4) is 0 Å². The Bertz CT molecular complexity index is 572. The molecule has 1 aromatic heterocycles. The molecule has 0 spiro atoms. The van der Waals surface area contributed by atoms with Crippen molar-refractivity contribution in [3.05, 3.63) is 40.1 Å². The molecule has 2 aliphatic carbocycles. The van der Waals surface area contributed by atoms with Gasteiger partial charge in [0, 0.05) is 12.0 Å². The molecule has 2 aliphatic rings. The summed E-state index contributed by atoms with van der Waals surface area (Å²) >= 11 is 0. The zero-order valence-electron chi connectivity index (χ0n) is 10.0. The second-order valence-corrected chi connectivity index (χ2v) is 5.01. The topological polar surface area (TPSA) is 74.8 Å². The summed E-state index contributed by atoms with van der Waals surface area (Å²) in [5.74, 6) is 0.679. The van der Waals surface area contributed by atoms with Crippen molar-refractivity contribution in [1.29, 1.82) is 0 Å². The summed E-state index contributed by atoms with van der Waals surface area (Å²) in [6.45, 7) is 3.86. The SMILES string of the molecule is C=C1CCC1NC(=O)c1cc(=O)[nH]c(C2CC2)n1. The molecule has 3 rings (SSSR count). The molecule has 0 bridgehead atoms. The third-order valence-corrected chi connectivity index (χ3v) is 3.51. The minimum atomic E-state index is -0.283. The number of hydrogen-bond donors (Lipinski definition) is 2. The average Bonchev–Trinajstić information content (AvgIpc) is 3.17. The zero-order chi connectivity index (χ0) is 12.7. The lowest BCUT2D eigenvalue weighted by molar-refractivity contribution is 0.0927. The van der Waals surface area contributed by atoms with Gasteiger partial charge in [-0.2, -0.15) is 0 Å². The summed E-state index contributed by atoms with van der Waals surface area (Å²) in [5.41, 5.74) is 0.987. The number of H-pyrrole nitrogens is 1. The van der Waals surface area contributed by atoms with Gasteiger partial charge in [0.25, 0.3) is 11.5 Å². The van der Waals surface area contributed by atoms with Crippen LogP contribution in [0.2, 0.25) is 0 Å². The van der Waals surface area contributed by atoms with Crippen molar-refractivity contribution in [2.75, 3.05) is 0 Å². The highest BCUT2D eigenvalue weighted by atomic mass is 16.2. The van der Waals surface area contributed by atoms with Crippen molar-refractivity contribution >= 4 is 5.91 Å². The van der Waals surface area contributed by atoms with Crippen molar-refractivity contribution in [1.82, 2.24) is 15.3 Å². The largest absolute Gasteiger partial charge is 0.344 e. The van der Waals surface area contributed by atoms with Gasteiger partial charge >= 0.3 is 0 Å². The Morgan fingerprint density at radius 3 is 2.78 bits per heavy atom. The van der Waals surface area contributed by atoms with Gasteiger partial charge in [-0.05, 0) is 25.7 Å². The number of nitrogens with one attached hydrogen (secondary N) is 2. The highest BCUT2D eigenvalue weighted by Crippen LogP contribution is 2.37. The van der Waals surface area contributed by atoms with Crippen LogP contribution in [0.3, 0.4) is 0 Å². The van der Waals surface area contributed by atoms with E-state index in [1.54, 1.807) is 0 Å². The third kappa shape index (κ3) is 2.08. The van der Waals surface area contributed by atoms with Gasteiger partial charge in [-0.1, -0.05) is 12.2 Å². The molecule has 1 atom stereocenters. The van der Waals surface area contributed by atoms with Crippen LogP contribution in [0, 0.1) is 0 Å². The highest BCUT2D eigenvalue weighted by Gasteiger charge is 2.28. The van der Waals surface area contributed by atoms with Gasteiger partial charge in [-0.15, -0.1) is 0 Å². The first-order chi connectivity index (χ1) is 8.63. The van der Waals surface area contributed by atoms with Crippen LogP contribution in [0.4, 0.5) is 0 Å². The van der Waals surface area contributed by atoms with Crippen molar-refractivity contribution in [2.45, 2.75) is 37.6 Å². The fourth-order valence-corrected chi connectivity index (χ4v) is 2.04. The van der Waals surface area contributed by atoms with Crippen LogP contribution in [0.25, 0.3) is 0 Å². The molecule has 1 unspecified atom stereocenters. The van der Waals surface area contributed by atoms with Crippen LogP contribution in [0.5, 0.6) is 0 Å². The predicted molar refractivity (Wildman–Crippen MR) is 66.5 cm³/mol. The normalized spacial score (nSPS) is 22.4. The van der Waals surface area contributed by atoms with Crippen LogP contribution in [0.1, 0.15) is 47.9 Å². The van der Waals surface area contributed by atoms with E-state index in [2.05, 4.69) is 21.9 Å². The second-order valence-electron chi connectivity index (χ2n) is 5.01. The monoisotopic (exact) mass is 245 g/mol. The summed E-state index contributed by atoms with van der Waals surface area (Å²) in [5, 5.41) is 2.84. The van der Waals surface area contributed by atoms with Crippen LogP contribution in [-0.2, 0) is 0 Å². The molecule has 2 saturated carbocycles. The Balaban J connectivity index is 1.80. The number of aromatic amines is 1. The van der Waals surface area contributed by atoms with Gasteiger partial charge in [0.05, 0.1) is 6.04 Å². The number of carbonyl (C=O) groups is 1. The summed E-state index contributed by atoms with van der Waals surface area (Å²) < 4.78 is 0. The van der Waals surface area contributed by atoms with E-state index in [0.29, 0.717) is 11.7 Å². The molecular formula is C13H15N3O2. The van der Waals surface area contributed by atoms with Gasteiger partial charge < -0.3 is 10.3 Å². The maximum absolute atomic E-state index is 12.0. The molecule has 1 aromatic rings. The van der Waals surface area contributed by atoms with E-state index >= 15 is 0 Å². The van der Waals surface area contributed by atoms with E-state index in [-0.39, 0.29) is 23.2 Å². The minimum absolute atomic E-state index is 0.0444. The molecule has 18 heavy (non-hydrogen) atoms.